The number of hydrogen-bond donors (Lipinski definition) is 1. The monoisotopic (exact) mass is 279 g/mol. The van der Waals surface area contributed by atoms with Crippen molar-refractivity contribution in [2.24, 2.45) is 5.92 Å². The van der Waals surface area contributed by atoms with Gasteiger partial charge >= 0.3 is 5.97 Å². The summed E-state index contributed by atoms with van der Waals surface area (Å²) < 4.78 is 4.74. The zero-order valence-corrected chi connectivity index (χ0v) is 10.8. The van der Waals surface area contributed by atoms with E-state index in [1.165, 1.54) is 25.3 Å². The summed E-state index contributed by atoms with van der Waals surface area (Å²) in [6, 6.07) is 4.50. The number of nitriles is 1. The lowest BCUT2D eigenvalue weighted by atomic mass is 10.0. The van der Waals surface area contributed by atoms with E-state index in [2.05, 4.69) is 4.98 Å². The van der Waals surface area contributed by atoms with Gasteiger partial charge in [0.2, 0.25) is 0 Å². The van der Waals surface area contributed by atoms with Gasteiger partial charge in [0.15, 0.2) is 12.4 Å². The highest BCUT2D eigenvalue weighted by Gasteiger charge is 2.21. The number of esters is 1. The Morgan fingerprint density at radius 3 is 2.74 bits per heavy atom. The van der Waals surface area contributed by atoms with E-state index in [9.17, 15) is 9.59 Å². The molecule has 1 aromatic rings. The van der Waals surface area contributed by atoms with Crippen LogP contribution >= 0.6 is 11.6 Å². The summed E-state index contributed by atoms with van der Waals surface area (Å²) in [6.07, 6.45) is 1.22. The van der Waals surface area contributed by atoms with E-state index < -0.39 is 24.3 Å². The van der Waals surface area contributed by atoms with Gasteiger partial charge < -0.3 is 10.1 Å². The van der Waals surface area contributed by atoms with Crippen molar-refractivity contribution < 1.29 is 14.3 Å². The topological polar surface area (TPSA) is 104 Å². The second kappa shape index (κ2) is 6.61. The third kappa shape index (κ3) is 4.16. The molecule has 7 heteroatoms. The number of halogens is 1. The van der Waals surface area contributed by atoms with Crippen LogP contribution in [0.4, 0.5) is 0 Å². The van der Waals surface area contributed by atoms with E-state index in [4.69, 9.17) is 27.0 Å². The van der Waals surface area contributed by atoms with Gasteiger partial charge in [-0.25, -0.2) is 9.78 Å². The fourth-order valence-corrected chi connectivity index (χ4v) is 1.32. The summed E-state index contributed by atoms with van der Waals surface area (Å²) in [5.41, 5.74) is 0.0639. The molecule has 0 fully saturated rings. The molecule has 0 aliphatic rings. The summed E-state index contributed by atoms with van der Waals surface area (Å²) in [4.78, 5) is 26.8. The minimum atomic E-state index is -1.18. The summed E-state index contributed by atoms with van der Waals surface area (Å²) in [5, 5.41) is 16.2. The number of carbonyl (C=O) groups excluding carboxylic acids is 2. The zero-order chi connectivity index (χ0) is 14.4. The SMILES string of the molecule is CC(=N)C(C#N)C(=O)COC(=O)c1ccc(Cl)nc1. The van der Waals surface area contributed by atoms with E-state index in [-0.39, 0.29) is 16.4 Å². The molecule has 1 aromatic heterocycles. The van der Waals surface area contributed by atoms with Gasteiger partial charge in [-0.15, -0.1) is 0 Å². The van der Waals surface area contributed by atoms with Crippen LogP contribution in [0, 0.1) is 22.7 Å². The van der Waals surface area contributed by atoms with Crippen molar-refractivity contribution in [1.82, 2.24) is 4.98 Å². The van der Waals surface area contributed by atoms with E-state index in [0.29, 0.717) is 0 Å². The van der Waals surface area contributed by atoms with Crippen LogP contribution in [0.3, 0.4) is 0 Å². The molecule has 19 heavy (non-hydrogen) atoms. The minimum absolute atomic E-state index is 0.0864. The Balaban J connectivity index is 2.60. The van der Waals surface area contributed by atoms with E-state index in [0.717, 1.165) is 0 Å². The smallest absolute Gasteiger partial charge is 0.340 e. The molecular formula is C12H10ClN3O3. The van der Waals surface area contributed by atoms with Crippen LogP contribution in [-0.4, -0.2) is 29.1 Å². The molecule has 0 bridgehead atoms. The average molecular weight is 280 g/mol. The maximum absolute atomic E-state index is 11.5. The second-order valence-electron chi connectivity index (χ2n) is 3.66. The Kier molecular flexibility index (Phi) is 5.15. The first-order valence-corrected chi connectivity index (χ1v) is 5.59. The summed E-state index contributed by atoms with van der Waals surface area (Å²) in [7, 11) is 0. The number of ketones is 1. The zero-order valence-electron chi connectivity index (χ0n) is 10.0. The summed E-state index contributed by atoms with van der Waals surface area (Å²) in [6.45, 7) is 0.784. The minimum Gasteiger partial charge on any atom is -0.454 e. The number of carbonyl (C=O) groups is 2. The number of nitrogens with zero attached hydrogens (tertiary/aromatic N) is 2. The van der Waals surface area contributed by atoms with E-state index in [1.54, 1.807) is 6.07 Å². The van der Waals surface area contributed by atoms with Crippen molar-refractivity contribution in [3.8, 4) is 6.07 Å². The van der Waals surface area contributed by atoms with Gasteiger partial charge in [0.1, 0.15) is 11.1 Å². The van der Waals surface area contributed by atoms with Gasteiger partial charge in [-0.05, 0) is 19.1 Å². The lowest BCUT2D eigenvalue weighted by Gasteiger charge is -2.07. The average Bonchev–Trinajstić information content (AvgIpc) is 2.37. The van der Waals surface area contributed by atoms with Crippen molar-refractivity contribution in [3.05, 3.63) is 29.0 Å². The molecular weight excluding hydrogens is 270 g/mol. The molecule has 1 unspecified atom stereocenters. The Hall–Kier alpha value is -2.26. The predicted molar refractivity (Wildman–Crippen MR) is 67.0 cm³/mol. The number of nitrogens with one attached hydrogen (secondary N) is 1. The maximum Gasteiger partial charge on any atom is 0.340 e. The molecule has 1 atom stereocenters. The first-order valence-electron chi connectivity index (χ1n) is 5.21. The third-order valence-electron chi connectivity index (χ3n) is 2.19. The van der Waals surface area contributed by atoms with E-state index in [1.807, 2.05) is 0 Å². The quantitative estimate of drug-likeness (QED) is 0.501. The molecule has 0 amide bonds. The first kappa shape index (κ1) is 14.8. The number of rotatable bonds is 5. The predicted octanol–water partition coefficient (Wildman–Crippen LogP) is 1.64. The number of aromatic nitrogens is 1. The van der Waals surface area contributed by atoms with Crippen molar-refractivity contribution in [3.63, 3.8) is 0 Å². The van der Waals surface area contributed by atoms with Gasteiger partial charge in [-0.3, -0.25) is 4.79 Å². The van der Waals surface area contributed by atoms with Crippen LogP contribution in [0.2, 0.25) is 5.15 Å². The Bertz CT molecular complexity index is 548. The largest absolute Gasteiger partial charge is 0.454 e. The molecule has 1 heterocycles. The van der Waals surface area contributed by atoms with Crippen molar-refractivity contribution in [2.45, 2.75) is 6.92 Å². The van der Waals surface area contributed by atoms with Crippen molar-refractivity contribution >= 4 is 29.1 Å². The molecule has 0 spiro atoms. The van der Waals surface area contributed by atoms with Gasteiger partial charge in [0.05, 0.1) is 11.6 Å². The number of pyridine rings is 1. The number of hydrogen-bond acceptors (Lipinski definition) is 6. The Morgan fingerprint density at radius 2 is 2.26 bits per heavy atom. The molecule has 0 radical (unpaired) electrons. The van der Waals surface area contributed by atoms with Crippen LogP contribution in [0.1, 0.15) is 17.3 Å². The van der Waals surface area contributed by atoms with Crippen LogP contribution in [0.25, 0.3) is 0 Å². The van der Waals surface area contributed by atoms with Crippen LogP contribution in [-0.2, 0) is 9.53 Å². The van der Waals surface area contributed by atoms with Gasteiger partial charge in [-0.2, -0.15) is 5.26 Å². The lowest BCUT2D eigenvalue weighted by molar-refractivity contribution is -0.122. The highest BCUT2D eigenvalue weighted by molar-refractivity contribution is 6.29. The van der Waals surface area contributed by atoms with Crippen molar-refractivity contribution in [1.29, 1.82) is 10.7 Å². The van der Waals surface area contributed by atoms with Gasteiger partial charge in [0.25, 0.3) is 0 Å². The van der Waals surface area contributed by atoms with Gasteiger partial charge in [-0.1, -0.05) is 11.6 Å². The lowest BCUT2D eigenvalue weighted by Crippen LogP contribution is -2.25. The molecule has 0 aliphatic carbocycles. The fourth-order valence-electron chi connectivity index (χ4n) is 1.21. The Labute approximate surface area is 114 Å². The molecule has 6 nitrogen and oxygen atoms in total. The second-order valence-corrected chi connectivity index (χ2v) is 4.04. The first-order chi connectivity index (χ1) is 8.95. The summed E-state index contributed by atoms with van der Waals surface area (Å²) >= 11 is 5.56. The normalized spacial score (nSPS) is 11.2. The van der Waals surface area contributed by atoms with Crippen LogP contribution in [0.15, 0.2) is 18.3 Å². The molecule has 1 N–H and O–H groups in total. The molecule has 0 aliphatic heterocycles. The van der Waals surface area contributed by atoms with Gasteiger partial charge in [0, 0.05) is 11.9 Å². The highest BCUT2D eigenvalue weighted by Crippen LogP contribution is 2.07. The molecule has 1 rings (SSSR count). The summed E-state index contributed by atoms with van der Waals surface area (Å²) in [5.74, 6) is -2.56. The number of Topliss-reactive ketones (excluding diaryl/α,β-unsaturated/α-hetero) is 1. The molecule has 0 saturated carbocycles. The fraction of sp³-hybridized carbons (Fsp3) is 0.250. The van der Waals surface area contributed by atoms with Crippen LogP contribution in [0.5, 0.6) is 0 Å². The van der Waals surface area contributed by atoms with Crippen molar-refractivity contribution in [2.75, 3.05) is 6.61 Å². The standard InChI is InChI=1S/C12H10ClN3O3/c1-7(15)9(4-14)10(17)6-19-12(18)8-2-3-11(13)16-5-8/h2-3,5,9,15H,6H2,1H3. The molecule has 0 saturated heterocycles. The highest BCUT2D eigenvalue weighted by atomic mass is 35.5. The molecule has 98 valence electrons. The molecule has 0 aromatic carbocycles. The number of ether oxygens (including phenoxy) is 1. The van der Waals surface area contributed by atoms with E-state index >= 15 is 0 Å². The maximum atomic E-state index is 11.5. The van der Waals surface area contributed by atoms with Crippen LogP contribution < -0.4 is 0 Å². The third-order valence-corrected chi connectivity index (χ3v) is 2.42. The Morgan fingerprint density at radius 1 is 1.58 bits per heavy atom.